The molecule has 2 rings (SSSR count). The zero-order valence-corrected chi connectivity index (χ0v) is 11.4. The predicted octanol–water partition coefficient (Wildman–Crippen LogP) is 2.93. The number of carbonyl (C=O) groups is 2. The van der Waals surface area contributed by atoms with E-state index < -0.39 is 11.9 Å². The lowest BCUT2D eigenvalue weighted by atomic mass is 10.0. The van der Waals surface area contributed by atoms with E-state index in [-0.39, 0.29) is 11.3 Å². The third-order valence-electron chi connectivity index (χ3n) is 2.96. The van der Waals surface area contributed by atoms with E-state index in [1.807, 2.05) is 0 Å². The largest absolute Gasteiger partial charge is 0.507 e. The van der Waals surface area contributed by atoms with Gasteiger partial charge in [0.05, 0.1) is 12.2 Å². The molecular weight excluding hydrogens is 272 g/mol. The molecule has 0 spiro atoms. The average molecular weight is 286 g/mol. The van der Waals surface area contributed by atoms with Crippen molar-refractivity contribution in [3.63, 3.8) is 0 Å². The number of aromatic carboxylic acids is 1. The number of carboxylic acid groups (broad SMARTS) is 1. The van der Waals surface area contributed by atoms with Crippen LogP contribution < -0.4 is 0 Å². The summed E-state index contributed by atoms with van der Waals surface area (Å²) >= 11 is 0. The highest BCUT2D eigenvalue weighted by molar-refractivity contribution is 5.93. The number of aromatic hydroxyl groups is 1. The summed E-state index contributed by atoms with van der Waals surface area (Å²) in [7, 11) is 0. The summed E-state index contributed by atoms with van der Waals surface area (Å²) in [4.78, 5) is 22.5. The van der Waals surface area contributed by atoms with Crippen molar-refractivity contribution in [3.8, 4) is 16.9 Å². The number of phenols is 1. The molecule has 21 heavy (non-hydrogen) atoms. The van der Waals surface area contributed by atoms with E-state index in [4.69, 9.17) is 9.84 Å². The summed E-state index contributed by atoms with van der Waals surface area (Å²) in [6, 6.07) is 11.0. The third-order valence-corrected chi connectivity index (χ3v) is 2.96. The van der Waals surface area contributed by atoms with Crippen LogP contribution in [0.4, 0.5) is 0 Å². The van der Waals surface area contributed by atoms with Gasteiger partial charge in [-0.25, -0.2) is 9.59 Å². The Morgan fingerprint density at radius 2 is 1.67 bits per heavy atom. The predicted molar refractivity (Wildman–Crippen MR) is 76.5 cm³/mol. The van der Waals surface area contributed by atoms with Gasteiger partial charge in [-0.1, -0.05) is 18.2 Å². The lowest BCUT2D eigenvalue weighted by Crippen LogP contribution is -2.04. The normalized spacial score (nSPS) is 10.1. The van der Waals surface area contributed by atoms with Crippen molar-refractivity contribution in [2.75, 3.05) is 6.61 Å². The first-order chi connectivity index (χ1) is 10.0. The summed E-state index contributed by atoms with van der Waals surface area (Å²) in [6.07, 6.45) is 0. The molecule has 2 aromatic rings. The maximum Gasteiger partial charge on any atom is 0.339 e. The maximum absolute atomic E-state index is 11.5. The number of hydrogen-bond donors (Lipinski definition) is 2. The van der Waals surface area contributed by atoms with E-state index in [1.165, 1.54) is 12.1 Å². The Labute approximate surface area is 121 Å². The van der Waals surface area contributed by atoms with Crippen LogP contribution in [-0.2, 0) is 4.74 Å². The van der Waals surface area contributed by atoms with Crippen LogP contribution in [0.25, 0.3) is 11.1 Å². The Kier molecular flexibility index (Phi) is 4.23. The first kappa shape index (κ1) is 14.6. The van der Waals surface area contributed by atoms with E-state index in [0.717, 1.165) is 5.56 Å². The number of rotatable bonds is 4. The second kappa shape index (κ2) is 6.09. The van der Waals surface area contributed by atoms with Gasteiger partial charge in [0, 0.05) is 0 Å². The first-order valence-corrected chi connectivity index (χ1v) is 6.36. The van der Waals surface area contributed by atoms with Gasteiger partial charge >= 0.3 is 11.9 Å². The SMILES string of the molecule is CCOC(=O)c1ccc(-c2ccc(O)c(C(=O)O)c2)cc1. The molecular formula is C16H14O5. The fourth-order valence-corrected chi connectivity index (χ4v) is 1.90. The molecule has 108 valence electrons. The molecule has 0 unspecified atom stereocenters. The van der Waals surface area contributed by atoms with Crippen molar-refractivity contribution in [1.82, 2.24) is 0 Å². The minimum absolute atomic E-state index is 0.165. The zero-order chi connectivity index (χ0) is 15.4. The summed E-state index contributed by atoms with van der Waals surface area (Å²) in [6.45, 7) is 2.04. The van der Waals surface area contributed by atoms with Crippen molar-refractivity contribution in [2.45, 2.75) is 6.92 Å². The molecule has 2 aromatic carbocycles. The Hall–Kier alpha value is -2.82. The molecule has 0 heterocycles. The van der Waals surface area contributed by atoms with Crippen molar-refractivity contribution in [3.05, 3.63) is 53.6 Å². The highest BCUT2D eigenvalue weighted by Gasteiger charge is 2.12. The second-order valence-corrected chi connectivity index (χ2v) is 4.33. The van der Waals surface area contributed by atoms with Crippen molar-refractivity contribution < 1.29 is 24.5 Å². The first-order valence-electron chi connectivity index (χ1n) is 6.36. The van der Waals surface area contributed by atoms with Crippen LogP contribution in [0.2, 0.25) is 0 Å². The van der Waals surface area contributed by atoms with Gasteiger partial charge < -0.3 is 14.9 Å². The van der Waals surface area contributed by atoms with Crippen LogP contribution >= 0.6 is 0 Å². The van der Waals surface area contributed by atoms with Gasteiger partial charge in [-0.2, -0.15) is 0 Å². The summed E-state index contributed by atoms with van der Waals surface area (Å²) in [5, 5.41) is 18.5. The molecule has 2 N–H and O–H groups in total. The van der Waals surface area contributed by atoms with E-state index >= 15 is 0 Å². The maximum atomic E-state index is 11.5. The van der Waals surface area contributed by atoms with Crippen molar-refractivity contribution in [1.29, 1.82) is 0 Å². The van der Waals surface area contributed by atoms with Gasteiger partial charge in [-0.3, -0.25) is 0 Å². The second-order valence-electron chi connectivity index (χ2n) is 4.33. The molecule has 0 aliphatic carbocycles. The van der Waals surface area contributed by atoms with Crippen molar-refractivity contribution >= 4 is 11.9 Å². The number of hydrogen-bond acceptors (Lipinski definition) is 4. The molecule has 0 fully saturated rings. The number of carboxylic acids is 1. The Morgan fingerprint density at radius 1 is 1.05 bits per heavy atom. The highest BCUT2D eigenvalue weighted by atomic mass is 16.5. The molecule has 0 aromatic heterocycles. The highest BCUT2D eigenvalue weighted by Crippen LogP contribution is 2.26. The molecule has 5 nitrogen and oxygen atoms in total. The topological polar surface area (TPSA) is 83.8 Å². The Morgan fingerprint density at radius 3 is 2.24 bits per heavy atom. The van der Waals surface area contributed by atoms with Gasteiger partial charge in [0.2, 0.25) is 0 Å². The van der Waals surface area contributed by atoms with Crippen molar-refractivity contribution in [2.24, 2.45) is 0 Å². The average Bonchev–Trinajstić information content (AvgIpc) is 2.48. The van der Waals surface area contributed by atoms with E-state index in [2.05, 4.69) is 0 Å². The lowest BCUT2D eigenvalue weighted by molar-refractivity contribution is 0.0526. The molecule has 0 radical (unpaired) electrons. The number of ether oxygens (including phenoxy) is 1. The van der Waals surface area contributed by atoms with Crippen LogP contribution in [0.1, 0.15) is 27.6 Å². The molecule has 0 saturated carbocycles. The standard InChI is InChI=1S/C16H14O5/c1-2-21-16(20)11-5-3-10(4-6-11)12-7-8-14(17)13(9-12)15(18)19/h3-9,17H,2H2,1H3,(H,18,19). The van der Waals surface area contributed by atoms with Gasteiger partial charge in [0.1, 0.15) is 11.3 Å². The lowest BCUT2D eigenvalue weighted by Gasteiger charge is -2.06. The molecule has 0 aliphatic heterocycles. The quantitative estimate of drug-likeness (QED) is 0.844. The molecule has 0 atom stereocenters. The molecule has 0 saturated heterocycles. The van der Waals surface area contributed by atoms with Crippen LogP contribution in [0.5, 0.6) is 5.75 Å². The van der Waals surface area contributed by atoms with Crippen LogP contribution in [-0.4, -0.2) is 28.8 Å². The van der Waals surface area contributed by atoms with Crippen LogP contribution in [0.3, 0.4) is 0 Å². The number of esters is 1. The van der Waals surface area contributed by atoms with Gasteiger partial charge in [-0.05, 0) is 42.3 Å². The van der Waals surface area contributed by atoms with E-state index in [0.29, 0.717) is 17.7 Å². The molecule has 0 bridgehead atoms. The Balaban J connectivity index is 2.33. The number of benzene rings is 2. The smallest absolute Gasteiger partial charge is 0.339 e. The summed E-state index contributed by atoms with van der Waals surface area (Å²) in [5.74, 6) is -1.88. The monoisotopic (exact) mass is 286 g/mol. The fraction of sp³-hybridized carbons (Fsp3) is 0.125. The molecule has 0 amide bonds. The fourth-order valence-electron chi connectivity index (χ4n) is 1.90. The minimum Gasteiger partial charge on any atom is -0.507 e. The van der Waals surface area contributed by atoms with Gasteiger partial charge in [0.15, 0.2) is 0 Å². The Bertz CT molecular complexity index is 674. The van der Waals surface area contributed by atoms with Gasteiger partial charge in [0.25, 0.3) is 0 Å². The van der Waals surface area contributed by atoms with Crippen LogP contribution in [0, 0.1) is 0 Å². The van der Waals surface area contributed by atoms with E-state index in [9.17, 15) is 14.7 Å². The van der Waals surface area contributed by atoms with Gasteiger partial charge in [-0.15, -0.1) is 0 Å². The van der Waals surface area contributed by atoms with E-state index in [1.54, 1.807) is 37.3 Å². The van der Waals surface area contributed by atoms with Crippen LogP contribution in [0.15, 0.2) is 42.5 Å². The molecule has 5 heteroatoms. The zero-order valence-electron chi connectivity index (χ0n) is 11.4. The third kappa shape index (κ3) is 3.20. The summed E-state index contributed by atoms with van der Waals surface area (Å²) in [5.41, 5.74) is 1.64. The summed E-state index contributed by atoms with van der Waals surface area (Å²) < 4.78 is 4.89. The number of carbonyl (C=O) groups excluding carboxylic acids is 1. The minimum atomic E-state index is -1.20. The molecule has 0 aliphatic rings.